The molecule has 0 radical (unpaired) electrons. The Hall–Kier alpha value is 1.19. The summed E-state index contributed by atoms with van der Waals surface area (Å²) in [5.41, 5.74) is 1.17. The van der Waals surface area contributed by atoms with Gasteiger partial charge in [-0.05, 0) is 5.02 Å². The molecule has 0 fully saturated rings. The summed E-state index contributed by atoms with van der Waals surface area (Å²) in [5, 5.41) is 0.797. The zero-order chi connectivity index (χ0) is 6.69. The summed E-state index contributed by atoms with van der Waals surface area (Å²) in [6, 6.07) is 7.76. The van der Waals surface area contributed by atoms with E-state index in [-0.39, 0.29) is 58.2 Å². The predicted molar refractivity (Wildman–Crippen MR) is 40.5 cm³/mol. The molecule has 0 N–H and O–H groups in total. The van der Waals surface area contributed by atoms with Crippen molar-refractivity contribution in [2.75, 3.05) is 0 Å². The molecule has 0 aliphatic heterocycles. The van der Waals surface area contributed by atoms with Crippen molar-refractivity contribution in [3.05, 3.63) is 41.3 Å². The van der Waals surface area contributed by atoms with Gasteiger partial charge < -0.3 is 0 Å². The van der Waals surface area contributed by atoms with Crippen LogP contribution in [0.15, 0.2) is 24.3 Å². The van der Waals surface area contributed by atoms with Crippen LogP contribution in [0.3, 0.4) is 0 Å². The average Bonchev–Trinajstić information content (AvgIpc) is 1.88. The molecule has 1 aromatic rings. The van der Waals surface area contributed by atoms with Crippen molar-refractivity contribution in [1.29, 1.82) is 0 Å². The van der Waals surface area contributed by atoms with Crippen molar-refractivity contribution in [3.8, 4) is 0 Å². The molecule has 0 spiro atoms. The first kappa shape index (κ1) is 11.2. The molecule has 0 bridgehead atoms. The van der Waals surface area contributed by atoms with Gasteiger partial charge in [-0.15, -0.1) is 12.1 Å². The van der Waals surface area contributed by atoms with Crippen LogP contribution in [0.1, 0.15) is 12.5 Å². The Morgan fingerprint density at radius 2 is 2.10 bits per heavy atom. The SMILES string of the molecule is C[CH-]c1cccc(Cl)c1.[Rb+]. The first-order valence-electron chi connectivity index (χ1n) is 2.88. The smallest absolute Gasteiger partial charge is 0.191 e. The van der Waals surface area contributed by atoms with E-state index >= 15 is 0 Å². The molecule has 0 unspecified atom stereocenters. The van der Waals surface area contributed by atoms with E-state index in [0.717, 1.165) is 5.02 Å². The number of halogens is 1. The molecule has 48 valence electrons. The topological polar surface area (TPSA) is 0 Å². The fraction of sp³-hybridized carbons (Fsp3) is 0.125. The Morgan fingerprint density at radius 1 is 1.40 bits per heavy atom. The molecule has 0 amide bonds. The molecule has 0 atom stereocenters. The molecule has 0 saturated carbocycles. The van der Waals surface area contributed by atoms with Gasteiger partial charge in [-0.3, -0.25) is 0 Å². The van der Waals surface area contributed by atoms with Gasteiger partial charge in [0.2, 0.25) is 0 Å². The van der Waals surface area contributed by atoms with Crippen LogP contribution in [-0.2, 0) is 0 Å². The summed E-state index contributed by atoms with van der Waals surface area (Å²) >= 11 is 5.70. The van der Waals surface area contributed by atoms with Gasteiger partial charge >= 0.3 is 58.2 Å². The molecule has 0 aliphatic rings. The summed E-state index contributed by atoms with van der Waals surface area (Å²) in [5.74, 6) is 0. The van der Waals surface area contributed by atoms with Crippen molar-refractivity contribution >= 4 is 11.6 Å². The molecule has 10 heavy (non-hydrogen) atoms. The molecular formula is C8H8ClRb. The van der Waals surface area contributed by atoms with Crippen LogP contribution in [0, 0.1) is 6.42 Å². The largest absolute Gasteiger partial charge is 1.00 e. The van der Waals surface area contributed by atoms with Gasteiger partial charge in [-0.25, -0.2) is 0 Å². The van der Waals surface area contributed by atoms with Gasteiger partial charge in [0.25, 0.3) is 0 Å². The van der Waals surface area contributed by atoms with E-state index in [1.165, 1.54) is 5.56 Å². The molecule has 2 heteroatoms. The Bertz CT molecular complexity index is 198. The minimum atomic E-state index is 0. The van der Waals surface area contributed by atoms with E-state index in [1.54, 1.807) is 0 Å². The molecule has 0 aliphatic carbocycles. The maximum atomic E-state index is 5.70. The van der Waals surface area contributed by atoms with Crippen LogP contribution in [0.4, 0.5) is 0 Å². The summed E-state index contributed by atoms with van der Waals surface area (Å²) < 4.78 is 0. The minimum Gasteiger partial charge on any atom is -0.191 e. The summed E-state index contributed by atoms with van der Waals surface area (Å²) in [7, 11) is 0. The van der Waals surface area contributed by atoms with E-state index in [2.05, 4.69) is 0 Å². The van der Waals surface area contributed by atoms with Crippen molar-refractivity contribution in [2.24, 2.45) is 0 Å². The van der Waals surface area contributed by atoms with Crippen LogP contribution in [0.25, 0.3) is 0 Å². The third-order valence-electron chi connectivity index (χ3n) is 1.18. The number of rotatable bonds is 1. The molecule has 0 aromatic heterocycles. The second-order valence-corrected chi connectivity index (χ2v) is 2.28. The predicted octanol–water partition coefficient (Wildman–Crippen LogP) is -0.0837. The third kappa shape index (κ3) is 3.54. The molecule has 1 rings (SSSR count). The maximum Gasteiger partial charge on any atom is 1.00 e. The van der Waals surface area contributed by atoms with Crippen LogP contribution in [-0.4, -0.2) is 0 Å². The monoisotopic (exact) mass is 224 g/mol. The first-order valence-corrected chi connectivity index (χ1v) is 3.25. The normalized spacial score (nSPS) is 8.20. The van der Waals surface area contributed by atoms with Gasteiger partial charge in [0.05, 0.1) is 0 Å². The number of hydrogen-bond donors (Lipinski definition) is 0. The fourth-order valence-corrected chi connectivity index (χ4v) is 0.885. The second kappa shape index (κ2) is 5.79. The van der Waals surface area contributed by atoms with E-state index < -0.39 is 0 Å². The minimum absolute atomic E-state index is 0. The molecule has 0 saturated heterocycles. The maximum absolute atomic E-state index is 5.70. The van der Waals surface area contributed by atoms with Gasteiger partial charge in [0.15, 0.2) is 0 Å². The van der Waals surface area contributed by atoms with Crippen molar-refractivity contribution in [2.45, 2.75) is 6.92 Å². The number of benzene rings is 1. The zero-order valence-corrected chi connectivity index (χ0v) is 11.9. The fourth-order valence-electron chi connectivity index (χ4n) is 0.686. The Morgan fingerprint density at radius 3 is 2.50 bits per heavy atom. The van der Waals surface area contributed by atoms with Gasteiger partial charge in [0, 0.05) is 0 Å². The van der Waals surface area contributed by atoms with Crippen LogP contribution < -0.4 is 58.2 Å². The van der Waals surface area contributed by atoms with Crippen molar-refractivity contribution < 1.29 is 58.2 Å². The quantitative estimate of drug-likeness (QED) is 0.586. The molecule has 0 nitrogen and oxygen atoms in total. The number of hydrogen-bond acceptors (Lipinski definition) is 0. The van der Waals surface area contributed by atoms with Gasteiger partial charge in [-0.2, -0.15) is 18.1 Å². The average molecular weight is 225 g/mol. The van der Waals surface area contributed by atoms with Crippen LogP contribution in [0.2, 0.25) is 5.02 Å². The van der Waals surface area contributed by atoms with Crippen molar-refractivity contribution in [3.63, 3.8) is 0 Å². The Kier molecular flexibility index (Phi) is 6.47. The molecule has 1 aromatic carbocycles. The van der Waals surface area contributed by atoms with E-state index in [9.17, 15) is 0 Å². The van der Waals surface area contributed by atoms with Crippen LogP contribution >= 0.6 is 11.6 Å². The van der Waals surface area contributed by atoms with E-state index in [4.69, 9.17) is 11.6 Å². The zero-order valence-electron chi connectivity index (χ0n) is 6.26. The van der Waals surface area contributed by atoms with Gasteiger partial charge in [0.1, 0.15) is 0 Å². The Labute approximate surface area is 116 Å². The summed E-state index contributed by atoms with van der Waals surface area (Å²) in [6.45, 7) is 1.99. The summed E-state index contributed by atoms with van der Waals surface area (Å²) in [6.07, 6.45) is 2.02. The molecular weight excluding hydrogens is 217 g/mol. The van der Waals surface area contributed by atoms with Crippen molar-refractivity contribution in [1.82, 2.24) is 0 Å². The van der Waals surface area contributed by atoms with E-state index in [1.807, 2.05) is 37.6 Å². The van der Waals surface area contributed by atoms with E-state index in [0.29, 0.717) is 0 Å². The first-order chi connectivity index (χ1) is 4.33. The van der Waals surface area contributed by atoms with Crippen LogP contribution in [0.5, 0.6) is 0 Å². The second-order valence-electron chi connectivity index (χ2n) is 1.84. The standard InChI is InChI=1S/C8H8Cl.Rb/c1-2-7-4-3-5-8(9)6-7;/h2-6H,1H3;/q-1;+1. The third-order valence-corrected chi connectivity index (χ3v) is 1.42. The molecule has 0 heterocycles. The Balaban J connectivity index is 0.000000810. The van der Waals surface area contributed by atoms with Gasteiger partial charge in [-0.1, -0.05) is 24.6 Å². The summed E-state index contributed by atoms with van der Waals surface area (Å²) in [4.78, 5) is 0.